The van der Waals surface area contributed by atoms with Gasteiger partial charge in [0.05, 0.1) is 0 Å². The number of nitrogens with one attached hydrogen (secondary N) is 1. The smallest absolute Gasteiger partial charge is 0.0437 e. The molecule has 3 N–H and O–H groups in total. The molecule has 9 heavy (non-hydrogen) atoms. The van der Waals surface area contributed by atoms with Crippen molar-refractivity contribution in [3.63, 3.8) is 0 Å². The number of hydrogen-bond acceptors (Lipinski definition) is 3. The molecule has 0 saturated heterocycles. The van der Waals surface area contributed by atoms with Crippen molar-refractivity contribution in [1.29, 1.82) is 5.41 Å². The maximum absolute atomic E-state index is 8.41. The standard InChI is InChI=1S/C6H13NO2/c7-5-6(1-3-8)2-4-9/h5-9H,1-4H2. The molecule has 0 bridgehead atoms. The van der Waals surface area contributed by atoms with E-state index in [4.69, 9.17) is 15.6 Å². The molecule has 0 rings (SSSR count). The molecule has 0 radical (unpaired) electrons. The first kappa shape index (κ1) is 8.59. The third-order valence-electron chi connectivity index (χ3n) is 1.24. The van der Waals surface area contributed by atoms with Gasteiger partial charge >= 0.3 is 0 Å². The van der Waals surface area contributed by atoms with E-state index in [1.54, 1.807) is 0 Å². The SMILES string of the molecule is N=CC(CCO)CCO. The normalized spacial score (nSPS) is 10.1. The highest BCUT2D eigenvalue weighted by molar-refractivity contribution is 5.56. The zero-order chi connectivity index (χ0) is 7.11. The third-order valence-corrected chi connectivity index (χ3v) is 1.24. The topological polar surface area (TPSA) is 64.3 Å². The quantitative estimate of drug-likeness (QED) is 0.460. The summed E-state index contributed by atoms with van der Waals surface area (Å²) >= 11 is 0. The van der Waals surface area contributed by atoms with Crippen molar-refractivity contribution < 1.29 is 10.2 Å². The molecule has 0 spiro atoms. The van der Waals surface area contributed by atoms with Gasteiger partial charge in [0.25, 0.3) is 0 Å². The van der Waals surface area contributed by atoms with Gasteiger partial charge in [-0.15, -0.1) is 0 Å². The molecule has 3 nitrogen and oxygen atoms in total. The zero-order valence-corrected chi connectivity index (χ0v) is 5.38. The fraction of sp³-hybridized carbons (Fsp3) is 0.833. The summed E-state index contributed by atoms with van der Waals surface area (Å²) in [5.74, 6) is 0.0556. The molecular weight excluding hydrogens is 118 g/mol. The Morgan fingerprint density at radius 3 is 1.89 bits per heavy atom. The van der Waals surface area contributed by atoms with Crippen LogP contribution in [0.5, 0.6) is 0 Å². The zero-order valence-electron chi connectivity index (χ0n) is 5.38. The highest BCUT2D eigenvalue weighted by Crippen LogP contribution is 2.02. The summed E-state index contributed by atoms with van der Waals surface area (Å²) in [6.07, 6.45) is 2.45. The molecule has 0 atom stereocenters. The van der Waals surface area contributed by atoms with Gasteiger partial charge in [0, 0.05) is 13.2 Å². The van der Waals surface area contributed by atoms with Crippen LogP contribution in [-0.2, 0) is 0 Å². The van der Waals surface area contributed by atoms with Crippen LogP contribution in [0.25, 0.3) is 0 Å². The van der Waals surface area contributed by atoms with Crippen molar-refractivity contribution in [2.75, 3.05) is 13.2 Å². The highest BCUT2D eigenvalue weighted by Gasteiger charge is 2.01. The molecule has 0 aromatic heterocycles. The minimum Gasteiger partial charge on any atom is -0.396 e. The summed E-state index contributed by atoms with van der Waals surface area (Å²) in [6.45, 7) is 0.195. The Morgan fingerprint density at radius 2 is 1.67 bits per heavy atom. The first-order chi connectivity index (χ1) is 4.35. The summed E-state index contributed by atoms with van der Waals surface area (Å²) in [6, 6.07) is 0. The average molecular weight is 131 g/mol. The van der Waals surface area contributed by atoms with E-state index in [-0.39, 0.29) is 19.1 Å². The van der Waals surface area contributed by atoms with E-state index in [0.717, 1.165) is 0 Å². The van der Waals surface area contributed by atoms with Gasteiger partial charge in [0.2, 0.25) is 0 Å². The minimum atomic E-state index is 0.0556. The van der Waals surface area contributed by atoms with Crippen molar-refractivity contribution in [3.8, 4) is 0 Å². The van der Waals surface area contributed by atoms with Gasteiger partial charge in [0.15, 0.2) is 0 Å². The average Bonchev–Trinajstić information content (AvgIpc) is 1.88. The Balaban J connectivity index is 3.29. The molecule has 0 saturated carbocycles. The fourth-order valence-corrected chi connectivity index (χ4v) is 0.643. The van der Waals surface area contributed by atoms with Crippen LogP contribution in [-0.4, -0.2) is 29.6 Å². The van der Waals surface area contributed by atoms with E-state index >= 15 is 0 Å². The van der Waals surface area contributed by atoms with E-state index in [0.29, 0.717) is 12.8 Å². The molecule has 54 valence electrons. The highest BCUT2D eigenvalue weighted by atomic mass is 16.3. The van der Waals surface area contributed by atoms with E-state index in [1.165, 1.54) is 6.21 Å². The number of aliphatic hydroxyl groups is 2. The van der Waals surface area contributed by atoms with E-state index in [1.807, 2.05) is 0 Å². The largest absolute Gasteiger partial charge is 0.396 e. The maximum atomic E-state index is 8.41. The number of rotatable bonds is 5. The van der Waals surface area contributed by atoms with Crippen LogP contribution >= 0.6 is 0 Å². The molecule has 0 heterocycles. The predicted octanol–water partition coefficient (Wildman–Crippen LogP) is 0.0170. The van der Waals surface area contributed by atoms with Crippen molar-refractivity contribution in [1.82, 2.24) is 0 Å². The van der Waals surface area contributed by atoms with Gasteiger partial charge in [0.1, 0.15) is 0 Å². The summed E-state index contributed by atoms with van der Waals surface area (Å²) in [5, 5.41) is 23.6. The van der Waals surface area contributed by atoms with E-state index in [9.17, 15) is 0 Å². The van der Waals surface area contributed by atoms with Crippen LogP contribution < -0.4 is 0 Å². The van der Waals surface area contributed by atoms with Crippen molar-refractivity contribution >= 4 is 6.21 Å². The van der Waals surface area contributed by atoms with Crippen LogP contribution in [0, 0.1) is 11.3 Å². The van der Waals surface area contributed by atoms with E-state index < -0.39 is 0 Å². The Kier molecular flexibility index (Phi) is 5.46. The molecule has 0 aliphatic rings. The molecule has 0 amide bonds. The lowest BCUT2D eigenvalue weighted by molar-refractivity contribution is 0.240. The van der Waals surface area contributed by atoms with Crippen molar-refractivity contribution in [3.05, 3.63) is 0 Å². The molecule has 0 aliphatic heterocycles. The fourth-order valence-electron chi connectivity index (χ4n) is 0.643. The van der Waals surface area contributed by atoms with Gasteiger partial charge in [-0.05, 0) is 25.0 Å². The van der Waals surface area contributed by atoms with Crippen molar-refractivity contribution in [2.45, 2.75) is 12.8 Å². The van der Waals surface area contributed by atoms with Crippen LogP contribution in [0.1, 0.15) is 12.8 Å². The summed E-state index contributed by atoms with van der Waals surface area (Å²) in [7, 11) is 0. The first-order valence-corrected chi connectivity index (χ1v) is 3.07. The Bertz CT molecular complexity index is 69.5. The lowest BCUT2D eigenvalue weighted by Gasteiger charge is -2.05. The molecule has 0 fully saturated rings. The molecule has 0 aromatic carbocycles. The van der Waals surface area contributed by atoms with Gasteiger partial charge < -0.3 is 15.6 Å². The summed E-state index contributed by atoms with van der Waals surface area (Å²) in [5.41, 5.74) is 0. The second-order valence-electron chi connectivity index (χ2n) is 1.95. The number of hydrogen-bond donors (Lipinski definition) is 3. The molecule has 0 aliphatic carbocycles. The first-order valence-electron chi connectivity index (χ1n) is 3.07. The van der Waals surface area contributed by atoms with Gasteiger partial charge in [-0.3, -0.25) is 0 Å². The Labute approximate surface area is 54.8 Å². The monoisotopic (exact) mass is 131 g/mol. The third kappa shape index (κ3) is 4.12. The predicted molar refractivity (Wildman–Crippen MR) is 35.7 cm³/mol. The second-order valence-corrected chi connectivity index (χ2v) is 1.95. The summed E-state index contributed by atoms with van der Waals surface area (Å²) < 4.78 is 0. The lowest BCUT2D eigenvalue weighted by atomic mass is 10.0. The Hall–Kier alpha value is -0.410. The van der Waals surface area contributed by atoms with Crippen LogP contribution in [0.3, 0.4) is 0 Å². The Morgan fingerprint density at radius 1 is 1.22 bits per heavy atom. The summed E-state index contributed by atoms with van der Waals surface area (Å²) in [4.78, 5) is 0. The van der Waals surface area contributed by atoms with Crippen LogP contribution in [0.15, 0.2) is 0 Å². The minimum absolute atomic E-state index is 0.0556. The van der Waals surface area contributed by atoms with Gasteiger partial charge in [-0.25, -0.2) is 0 Å². The van der Waals surface area contributed by atoms with E-state index in [2.05, 4.69) is 0 Å². The second kappa shape index (κ2) is 5.72. The lowest BCUT2D eigenvalue weighted by Crippen LogP contribution is -2.05. The van der Waals surface area contributed by atoms with Crippen LogP contribution in [0.2, 0.25) is 0 Å². The van der Waals surface area contributed by atoms with Gasteiger partial charge in [-0.2, -0.15) is 0 Å². The number of aliphatic hydroxyl groups excluding tert-OH is 2. The maximum Gasteiger partial charge on any atom is 0.0437 e. The molecule has 3 heteroatoms. The van der Waals surface area contributed by atoms with Crippen molar-refractivity contribution in [2.24, 2.45) is 5.92 Å². The molecule has 0 unspecified atom stereocenters. The molecule has 0 aromatic rings. The molecular formula is C6H13NO2. The van der Waals surface area contributed by atoms with Crippen LogP contribution in [0.4, 0.5) is 0 Å². The van der Waals surface area contributed by atoms with Gasteiger partial charge in [-0.1, -0.05) is 0 Å².